The summed E-state index contributed by atoms with van der Waals surface area (Å²) in [5.74, 6) is -7.02. The van der Waals surface area contributed by atoms with Gasteiger partial charge in [-0.3, -0.25) is 28.4 Å². The third-order valence-corrected chi connectivity index (χ3v) is 7.26. The number of amides is 1. The molecule has 4 atom stereocenters. The second-order valence-corrected chi connectivity index (χ2v) is 12.4. The molecule has 1 aromatic carbocycles. The number of nitrogens with two attached hydrogens (primary N) is 2. The van der Waals surface area contributed by atoms with Crippen LogP contribution in [0.5, 0.6) is 5.75 Å². The highest BCUT2D eigenvalue weighted by Crippen LogP contribution is 2.53. The van der Waals surface area contributed by atoms with Crippen LogP contribution in [0.3, 0.4) is 0 Å². The molecule has 4 rings (SSSR count). The summed E-state index contributed by atoms with van der Waals surface area (Å²) in [7, 11) is -1.50. The van der Waals surface area contributed by atoms with Crippen LogP contribution in [0.1, 0.15) is 43.1 Å². The highest BCUT2D eigenvalue weighted by atomic mass is 32.3. The maximum absolute atomic E-state index is 13.7. The van der Waals surface area contributed by atoms with E-state index in [4.69, 9.17) is 29.0 Å². The van der Waals surface area contributed by atoms with Crippen molar-refractivity contribution in [3.8, 4) is 5.75 Å². The van der Waals surface area contributed by atoms with Crippen LogP contribution in [0.2, 0.25) is 0 Å². The van der Waals surface area contributed by atoms with Gasteiger partial charge in [-0.1, -0.05) is 0 Å². The minimum atomic E-state index is -4.67. The zero-order valence-electron chi connectivity index (χ0n) is 23.0. The Morgan fingerprint density at radius 1 is 1.15 bits per heavy atom. The Morgan fingerprint density at radius 2 is 1.68 bits per heavy atom. The number of nitrogen functional groups attached to an aromatic ring is 1. The van der Waals surface area contributed by atoms with Gasteiger partial charge in [0.05, 0.1) is 17.3 Å². The van der Waals surface area contributed by atoms with Crippen LogP contribution >= 0.6 is 0 Å². The number of carbonyl (C=O) groups excluding carboxylic acids is 3. The lowest BCUT2D eigenvalue weighted by Gasteiger charge is -2.50. The summed E-state index contributed by atoms with van der Waals surface area (Å²) in [5, 5.41) is 47.8. The number of carbonyl (C=O) groups is 3. The molecule has 0 aromatic heterocycles. The van der Waals surface area contributed by atoms with E-state index in [2.05, 4.69) is 5.32 Å². The molecule has 0 radical (unpaired) electrons. The predicted molar refractivity (Wildman–Crippen MR) is 146 cm³/mol. The number of ketones is 2. The molecule has 41 heavy (non-hydrogen) atoms. The van der Waals surface area contributed by atoms with Crippen LogP contribution < -0.4 is 16.8 Å². The number of phenols is 1. The highest BCUT2D eigenvalue weighted by molar-refractivity contribution is 7.79. The molecule has 0 fully saturated rings. The van der Waals surface area contributed by atoms with Gasteiger partial charge in [-0.25, -0.2) is 0 Å². The van der Waals surface area contributed by atoms with Crippen LogP contribution in [-0.4, -0.2) is 91.6 Å². The van der Waals surface area contributed by atoms with Gasteiger partial charge < -0.3 is 37.2 Å². The fourth-order valence-electron chi connectivity index (χ4n) is 5.85. The standard InChI is InChI=1S/C25H32N4O7.H2O4S/c1-24(2,3)28-13-8-12(26)18(30)15-10(13)6-9-7-11-17(29(4)5)20(32)16(23(27)35)22(34)25(11,36)21(33)14(9)19(15)31;1-5(2,3)4/h8-9,11,17,28,30,32-33,36H,6-7,26H2,1-5H3,(H2,27,35);(H2,1,2,3,4)/t9?,11?,17-,25-;/m0./s1. The third-order valence-electron chi connectivity index (χ3n) is 7.26. The maximum atomic E-state index is 13.7. The van der Waals surface area contributed by atoms with E-state index in [1.54, 1.807) is 20.2 Å². The molecule has 0 saturated carbocycles. The van der Waals surface area contributed by atoms with Gasteiger partial charge in [-0.15, -0.1) is 0 Å². The number of rotatable bonds is 3. The summed E-state index contributed by atoms with van der Waals surface area (Å²) < 4.78 is 31.6. The summed E-state index contributed by atoms with van der Waals surface area (Å²) in [6, 6.07) is 0.503. The normalized spacial score (nSPS) is 26.1. The molecular formula is C25H34N4O11S. The first-order valence-electron chi connectivity index (χ1n) is 12.3. The topological polar surface area (TPSA) is 274 Å². The molecule has 0 heterocycles. The van der Waals surface area contributed by atoms with Crippen LogP contribution in [0.4, 0.5) is 11.4 Å². The summed E-state index contributed by atoms with van der Waals surface area (Å²) in [6.45, 7) is 5.77. The summed E-state index contributed by atoms with van der Waals surface area (Å²) in [4.78, 5) is 40.6. The number of primary amides is 1. The molecule has 3 aliphatic rings. The number of fused-ring (bicyclic) bond motifs is 3. The van der Waals surface area contributed by atoms with Gasteiger partial charge in [-0.05, 0) is 65.3 Å². The van der Waals surface area contributed by atoms with Gasteiger partial charge >= 0.3 is 10.4 Å². The number of phenolic OH excluding ortho intramolecular Hbond substituents is 1. The smallest absolute Gasteiger partial charge is 0.394 e. The number of aliphatic hydroxyl groups excluding tert-OH is 2. The molecule has 1 aromatic rings. The Bertz CT molecular complexity index is 1500. The molecule has 0 bridgehead atoms. The third kappa shape index (κ3) is 5.60. The van der Waals surface area contributed by atoms with Gasteiger partial charge in [0, 0.05) is 22.7 Å². The first kappa shape index (κ1) is 31.8. The number of aliphatic hydroxyl groups is 3. The van der Waals surface area contributed by atoms with Crippen LogP contribution in [0.25, 0.3) is 0 Å². The fraction of sp³-hybridized carbons (Fsp3) is 0.480. The van der Waals surface area contributed by atoms with Gasteiger partial charge in [0.25, 0.3) is 5.91 Å². The zero-order chi connectivity index (χ0) is 31.6. The van der Waals surface area contributed by atoms with Crippen molar-refractivity contribution < 1.29 is 52.3 Å². The van der Waals surface area contributed by atoms with Crippen molar-refractivity contribution in [3.63, 3.8) is 0 Å². The molecule has 2 unspecified atom stereocenters. The molecule has 16 heteroatoms. The van der Waals surface area contributed by atoms with E-state index >= 15 is 0 Å². The van der Waals surface area contributed by atoms with E-state index in [0.29, 0.717) is 11.3 Å². The van der Waals surface area contributed by atoms with Crippen molar-refractivity contribution in [1.29, 1.82) is 0 Å². The van der Waals surface area contributed by atoms with Gasteiger partial charge in [-0.2, -0.15) is 8.42 Å². The molecule has 11 N–H and O–H groups in total. The van der Waals surface area contributed by atoms with Crippen molar-refractivity contribution in [3.05, 3.63) is 39.9 Å². The number of hydrogen-bond donors (Lipinski definition) is 9. The minimum absolute atomic E-state index is 0.0197. The van der Waals surface area contributed by atoms with Crippen LogP contribution in [0.15, 0.2) is 28.7 Å². The lowest BCUT2D eigenvalue weighted by Crippen LogP contribution is -2.63. The van der Waals surface area contributed by atoms with E-state index in [9.17, 15) is 34.8 Å². The van der Waals surface area contributed by atoms with Gasteiger partial charge in [0.1, 0.15) is 22.8 Å². The van der Waals surface area contributed by atoms with Crippen molar-refractivity contribution in [2.75, 3.05) is 25.1 Å². The number of nitrogens with zero attached hydrogens (tertiary/aromatic N) is 1. The number of hydrogen-bond acceptors (Lipinski definition) is 12. The minimum Gasteiger partial charge on any atom is -0.510 e. The quantitative estimate of drug-likeness (QED) is 0.0742. The molecule has 0 spiro atoms. The largest absolute Gasteiger partial charge is 0.510 e. The predicted octanol–water partition coefficient (Wildman–Crippen LogP) is 0.260. The number of benzene rings is 1. The van der Waals surface area contributed by atoms with Crippen molar-refractivity contribution in [2.24, 2.45) is 17.6 Å². The second kappa shape index (κ2) is 10.3. The van der Waals surface area contributed by atoms with E-state index in [1.165, 1.54) is 4.90 Å². The lowest BCUT2D eigenvalue weighted by molar-refractivity contribution is -0.148. The number of nitrogens with one attached hydrogen (secondary N) is 1. The molecule has 0 saturated heterocycles. The summed E-state index contributed by atoms with van der Waals surface area (Å²) >= 11 is 0. The SMILES string of the molecule is CN(C)[C@@H]1C(O)=C(C(N)=O)C(=O)[C@@]2(O)C(O)=C3C(=O)c4c(O)c(N)cc(NC(C)(C)C)c4CC3CC12.O=S(=O)(O)O. The Labute approximate surface area is 235 Å². The monoisotopic (exact) mass is 598 g/mol. The van der Waals surface area contributed by atoms with Gasteiger partial charge in [0.2, 0.25) is 5.78 Å². The molecule has 0 aliphatic heterocycles. The van der Waals surface area contributed by atoms with E-state index in [0.717, 1.165) is 0 Å². The number of anilines is 2. The first-order chi connectivity index (χ1) is 18.5. The van der Waals surface area contributed by atoms with E-state index < -0.39 is 79.7 Å². The van der Waals surface area contributed by atoms with Crippen LogP contribution in [-0.2, 0) is 26.4 Å². The van der Waals surface area contributed by atoms with E-state index in [1.807, 2.05) is 20.8 Å². The van der Waals surface area contributed by atoms with Gasteiger partial charge in [0.15, 0.2) is 11.4 Å². The second-order valence-electron chi connectivity index (χ2n) is 11.5. The molecule has 226 valence electrons. The fourth-order valence-corrected chi connectivity index (χ4v) is 5.85. The number of Topliss-reactive ketones (excluding diaryl/α,β-unsaturated/α-hetero) is 2. The Kier molecular flexibility index (Phi) is 7.99. The zero-order valence-corrected chi connectivity index (χ0v) is 23.8. The van der Waals surface area contributed by atoms with Crippen LogP contribution in [0, 0.1) is 11.8 Å². The first-order valence-corrected chi connectivity index (χ1v) is 13.7. The number of likely N-dealkylation sites (N-methyl/N-ethyl adjacent to an activating group) is 1. The molecule has 15 nitrogen and oxygen atoms in total. The number of allylic oxidation sites excluding steroid dienone is 1. The molecule has 3 aliphatic carbocycles. The van der Waals surface area contributed by atoms with Crippen molar-refractivity contribution >= 4 is 39.2 Å². The maximum Gasteiger partial charge on any atom is 0.394 e. The highest BCUT2D eigenvalue weighted by Gasteiger charge is 2.63. The Hall–Kier alpha value is -3.70. The lowest BCUT2D eigenvalue weighted by atomic mass is 9.58. The average Bonchev–Trinajstić information content (AvgIpc) is 2.77. The number of aromatic hydroxyl groups is 1. The Balaban J connectivity index is 0.000000850. The van der Waals surface area contributed by atoms with Crippen molar-refractivity contribution in [2.45, 2.75) is 50.8 Å². The summed E-state index contributed by atoms with van der Waals surface area (Å²) in [6.07, 6.45) is 0.201. The molecule has 1 amide bonds. The van der Waals surface area contributed by atoms with E-state index in [-0.39, 0.29) is 29.7 Å². The Morgan fingerprint density at radius 3 is 2.15 bits per heavy atom. The van der Waals surface area contributed by atoms with Crippen molar-refractivity contribution in [1.82, 2.24) is 4.90 Å². The molecular weight excluding hydrogens is 564 g/mol. The average molecular weight is 599 g/mol. The summed E-state index contributed by atoms with van der Waals surface area (Å²) in [5.41, 5.74) is 8.05.